The first kappa shape index (κ1) is 15.6. The Labute approximate surface area is 141 Å². The van der Waals surface area contributed by atoms with E-state index >= 15 is 0 Å². The molecule has 0 saturated heterocycles. The summed E-state index contributed by atoms with van der Waals surface area (Å²) in [6.07, 6.45) is 4.28. The summed E-state index contributed by atoms with van der Waals surface area (Å²) < 4.78 is 5.90. The molecule has 0 aliphatic carbocycles. The average molecular weight is 328 g/mol. The van der Waals surface area contributed by atoms with Crippen molar-refractivity contribution in [3.8, 4) is 5.75 Å². The molecule has 2 aromatic rings. The number of hydrogen-bond donors (Lipinski definition) is 0. The zero-order chi connectivity index (χ0) is 16.2. The monoisotopic (exact) mass is 327 g/mol. The maximum atomic E-state index is 12.6. The minimum absolute atomic E-state index is 0.0257. The summed E-state index contributed by atoms with van der Waals surface area (Å²) in [6.45, 7) is 2.63. The fourth-order valence-corrected chi connectivity index (χ4v) is 2.68. The molecule has 2 aromatic carbocycles. The highest BCUT2D eigenvalue weighted by atomic mass is 35.5. The van der Waals surface area contributed by atoms with E-state index in [0.717, 1.165) is 23.4 Å². The summed E-state index contributed by atoms with van der Waals surface area (Å²) in [5.41, 5.74) is 1.76. The number of para-hydroxylation sites is 2. The van der Waals surface area contributed by atoms with E-state index in [-0.39, 0.29) is 12.0 Å². The van der Waals surface area contributed by atoms with Gasteiger partial charge in [0, 0.05) is 11.1 Å². The molecule has 1 heterocycles. The largest absolute Gasteiger partial charge is 0.486 e. The third-order valence-corrected chi connectivity index (χ3v) is 4.10. The zero-order valence-electron chi connectivity index (χ0n) is 12.9. The fourth-order valence-electron chi connectivity index (χ4n) is 2.55. The highest BCUT2D eigenvalue weighted by Gasteiger charge is 2.27. The van der Waals surface area contributed by atoms with Gasteiger partial charge in [0.05, 0.1) is 12.2 Å². The van der Waals surface area contributed by atoms with Crippen LogP contribution in [-0.4, -0.2) is 18.6 Å². The smallest absolute Gasteiger partial charge is 0.251 e. The Morgan fingerprint density at radius 3 is 2.74 bits per heavy atom. The second-order valence-electron chi connectivity index (χ2n) is 5.45. The third kappa shape index (κ3) is 3.57. The van der Waals surface area contributed by atoms with E-state index in [9.17, 15) is 4.79 Å². The van der Waals surface area contributed by atoms with Crippen LogP contribution in [0, 0.1) is 0 Å². The zero-order valence-corrected chi connectivity index (χ0v) is 13.7. The van der Waals surface area contributed by atoms with Gasteiger partial charge in [-0.15, -0.1) is 0 Å². The molecule has 4 heteroatoms. The van der Waals surface area contributed by atoms with Gasteiger partial charge in [0.1, 0.15) is 11.9 Å². The molecule has 0 spiro atoms. The summed E-state index contributed by atoms with van der Waals surface area (Å²) >= 11 is 5.87. The number of fused-ring (bicyclic) bond motifs is 1. The van der Waals surface area contributed by atoms with Gasteiger partial charge in [-0.3, -0.25) is 4.79 Å². The lowest BCUT2D eigenvalue weighted by Crippen LogP contribution is -2.42. The highest BCUT2D eigenvalue weighted by molar-refractivity contribution is 6.30. The van der Waals surface area contributed by atoms with Crippen molar-refractivity contribution in [2.24, 2.45) is 0 Å². The van der Waals surface area contributed by atoms with Crippen molar-refractivity contribution < 1.29 is 9.53 Å². The predicted molar refractivity (Wildman–Crippen MR) is 94.0 cm³/mol. The Morgan fingerprint density at radius 2 is 2.00 bits per heavy atom. The van der Waals surface area contributed by atoms with Gasteiger partial charge in [0.2, 0.25) is 0 Å². The molecule has 23 heavy (non-hydrogen) atoms. The second-order valence-corrected chi connectivity index (χ2v) is 5.89. The van der Waals surface area contributed by atoms with Gasteiger partial charge in [0.15, 0.2) is 0 Å². The van der Waals surface area contributed by atoms with Crippen LogP contribution in [0.2, 0.25) is 5.02 Å². The number of nitrogens with zero attached hydrogens (tertiary/aromatic N) is 1. The van der Waals surface area contributed by atoms with Gasteiger partial charge in [0.25, 0.3) is 5.91 Å². The molecule has 0 saturated carbocycles. The van der Waals surface area contributed by atoms with Gasteiger partial charge < -0.3 is 9.64 Å². The van der Waals surface area contributed by atoms with Crippen LogP contribution in [0.4, 0.5) is 5.69 Å². The molecule has 3 nitrogen and oxygen atoms in total. The Balaban J connectivity index is 1.82. The van der Waals surface area contributed by atoms with Gasteiger partial charge in [-0.05, 0) is 42.3 Å². The number of halogens is 1. The van der Waals surface area contributed by atoms with Gasteiger partial charge in [-0.25, -0.2) is 0 Å². The van der Waals surface area contributed by atoms with Crippen molar-refractivity contribution in [3.63, 3.8) is 0 Å². The number of anilines is 1. The van der Waals surface area contributed by atoms with E-state index in [1.54, 1.807) is 17.1 Å². The third-order valence-electron chi connectivity index (χ3n) is 3.85. The minimum atomic E-state index is -0.0471. The quantitative estimate of drug-likeness (QED) is 0.773. The normalized spacial score (nSPS) is 17.0. The molecule has 0 aromatic heterocycles. The van der Waals surface area contributed by atoms with E-state index in [1.807, 2.05) is 48.5 Å². The SMILES string of the molecule is CCC1CN(C(=O)/C=C/c2ccc(Cl)cc2)c2ccccc2O1. The molecule has 0 N–H and O–H groups in total. The number of carbonyl (C=O) groups excluding carboxylic acids is 1. The van der Waals surface area contributed by atoms with Gasteiger partial charge in [-0.2, -0.15) is 0 Å². The Bertz CT molecular complexity index is 724. The van der Waals surface area contributed by atoms with E-state index in [4.69, 9.17) is 16.3 Å². The highest BCUT2D eigenvalue weighted by Crippen LogP contribution is 2.33. The first-order valence-corrected chi connectivity index (χ1v) is 8.06. The van der Waals surface area contributed by atoms with Crippen LogP contribution >= 0.6 is 11.6 Å². The number of ether oxygens (including phenoxy) is 1. The number of benzene rings is 2. The first-order chi connectivity index (χ1) is 11.2. The molecule has 1 atom stereocenters. The molecule has 1 aliphatic rings. The lowest BCUT2D eigenvalue weighted by molar-refractivity contribution is -0.114. The van der Waals surface area contributed by atoms with Crippen molar-refractivity contribution in [1.29, 1.82) is 0 Å². The lowest BCUT2D eigenvalue weighted by atomic mass is 10.1. The van der Waals surface area contributed by atoms with Crippen LogP contribution in [0.3, 0.4) is 0 Å². The fraction of sp³-hybridized carbons (Fsp3) is 0.211. The Kier molecular flexibility index (Phi) is 4.68. The molecule has 0 fully saturated rings. The average Bonchev–Trinajstić information content (AvgIpc) is 2.60. The molecular weight excluding hydrogens is 310 g/mol. The summed E-state index contributed by atoms with van der Waals surface area (Å²) in [7, 11) is 0. The topological polar surface area (TPSA) is 29.5 Å². The molecule has 1 unspecified atom stereocenters. The molecule has 1 amide bonds. The summed E-state index contributed by atoms with van der Waals surface area (Å²) in [6, 6.07) is 15.0. The molecule has 0 radical (unpaired) electrons. The molecule has 1 aliphatic heterocycles. The van der Waals surface area contributed by atoms with Crippen LogP contribution in [0.25, 0.3) is 6.08 Å². The van der Waals surface area contributed by atoms with Crippen molar-refractivity contribution in [2.75, 3.05) is 11.4 Å². The summed E-state index contributed by atoms with van der Waals surface area (Å²) in [4.78, 5) is 14.4. The number of amides is 1. The lowest BCUT2D eigenvalue weighted by Gasteiger charge is -2.34. The van der Waals surface area contributed by atoms with Crippen molar-refractivity contribution in [2.45, 2.75) is 19.4 Å². The van der Waals surface area contributed by atoms with Crippen molar-refractivity contribution >= 4 is 29.3 Å². The maximum absolute atomic E-state index is 12.6. The maximum Gasteiger partial charge on any atom is 0.251 e. The molecular formula is C19H18ClNO2. The predicted octanol–water partition coefficient (Wildman–Crippen LogP) is 4.56. The number of carbonyl (C=O) groups is 1. The van der Waals surface area contributed by atoms with Crippen molar-refractivity contribution in [3.05, 3.63) is 65.2 Å². The van der Waals surface area contributed by atoms with Crippen LogP contribution < -0.4 is 9.64 Å². The Morgan fingerprint density at radius 1 is 1.26 bits per heavy atom. The van der Waals surface area contributed by atoms with E-state index in [0.29, 0.717) is 11.6 Å². The first-order valence-electron chi connectivity index (χ1n) is 7.68. The van der Waals surface area contributed by atoms with E-state index < -0.39 is 0 Å². The standard InChI is InChI=1S/C19H18ClNO2/c1-2-16-13-21(17-5-3-4-6-18(17)23-16)19(22)12-9-14-7-10-15(20)11-8-14/h3-12,16H,2,13H2,1H3/b12-9+. The second kappa shape index (κ2) is 6.88. The molecule has 118 valence electrons. The van der Waals surface area contributed by atoms with Gasteiger partial charge in [-0.1, -0.05) is 42.8 Å². The van der Waals surface area contributed by atoms with Crippen LogP contribution in [0.5, 0.6) is 5.75 Å². The number of hydrogen-bond acceptors (Lipinski definition) is 2. The summed E-state index contributed by atoms with van der Waals surface area (Å²) in [5.74, 6) is 0.716. The van der Waals surface area contributed by atoms with Crippen molar-refractivity contribution in [1.82, 2.24) is 0 Å². The van der Waals surface area contributed by atoms with Gasteiger partial charge >= 0.3 is 0 Å². The molecule has 0 bridgehead atoms. The number of rotatable bonds is 3. The van der Waals surface area contributed by atoms with Crippen LogP contribution in [0.15, 0.2) is 54.6 Å². The van der Waals surface area contributed by atoms with E-state index in [2.05, 4.69) is 6.92 Å². The van der Waals surface area contributed by atoms with E-state index in [1.165, 1.54) is 0 Å². The van der Waals surface area contributed by atoms with Crippen LogP contribution in [-0.2, 0) is 4.79 Å². The Hall–Kier alpha value is -2.26. The minimum Gasteiger partial charge on any atom is -0.486 e. The van der Waals surface area contributed by atoms with Crippen LogP contribution in [0.1, 0.15) is 18.9 Å². The summed E-state index contributed by atoms with van der Waals surface area (Å²) in [5, 5.41) is 0.682. The molecule has 3 rings (SSSR count).